The van der Waals surface area contributed by atoms with Gasteiger partial charge in [-0.15, -0.1) is 0 Å². The van der Waals surface area contributed by atoms with Crippen molar-refractivity contribution in [1.82, 2.24) is 0 Å². The zero-order valence-corrected chi connectivity index (χ0v) is 8.77. The Hall–Kier alpha value is -1.55. The van der Waals surface area contributed by atoms with Crippen LogP contribution in [0.1, 0.15) is 12.5 Å². The maximum Gasteiger partial charge on any atom is 0.332 e. The Balaban J connectivity index is 2.47. The Kier molecular flexibility index (Phi) is 4.12. The van der Waals surface area contributed by atoms with E-state index < -0.39 is 12.1 Å². The number of ether oxygens (including phenoxy) is 2. The first-order valence-electron chi connectivity index (χ1n) is 4.61. The molecule has 0 radical (unpaired) electrons. The number of carboxylic acid groups (broad SMARTS) is 1. The van der Waals surface area contributed by atoms with Crippen molar-refractivity contribution in [3.8, 4) is 5.75 Å². The first-order valence-corrected chi connectivity index (χ1v) is 4.61. The van der Waals surface area contributed by atoms with E-state index >= 15 is 0 Å². The average molecular weight is 210 g/mol. The molecule has 0 saturated heterocycles. The van der Waals surface area contributed by atoms with Crippen LogP contribution in [0.3, 0.4) is 0 Å². The number of carboxylic acids is 1. The molecule has 1 rings (SSSR count). The molecule has 0 heterocycles. The lowest BCUT2D eigenvalue weighted by molar-refractivity contribution is -0.149. The average Bonchev–Trinajstić information content (AvgIpc) is 2.26. The maximum atomic E-state index is 10.5. The zero-order chi connectivity index (χ0) is 11.3. The van der Waals surface area contributed by atoms with Crippen molar-refractivity contribution in [2.75, 3.05) is 7.11 Å². The molecule has 1 N–H and O–H groups in total. The van der Waals surface area contributed by atoms with Crippen molar-refractivity contribution in [2.24, 2.45) is 0 Å². The normalized spacial score (nSPS) is 12.1. The molecule has 0 amide bonds. The highest BCUT2D eigenvalue weighted by Gasteiger charge is 2.10. The van der Waals surface area contributed by atoms with Gasteiger partial charge in [0.15, 0.2) is 6.10 Å². The third-order valence-corrected chi connectivity index (χ3v) is 2.01. The van der Waals surface area contributed by atoms with Gasteiger partial charge in [-0.3, -0.25) is 0 Å². The van der Waals surface area contributed by atoms with E-state index in [4.69, 9.17) is 14.6 Å². The van der Waals surface area contributed by atoms with Crippen LogP contribution >= 0.6 is 0 Å². The van der Waals surface area contributed by atoms with Gasteiger partial charge in [0.2, 0.25) is 0 Å². The summed E-state index contributed by atoms with van der Waals surface area (Å²) in [6, 6.07) is 7.30. The molecule has 0 fully saturated rings. The second kappa shape index (κ2) is 5.36. The molecule has 0 aliphatic rings. The zero-order valence-electron chi connectivity index (χ0n) is 8.77. The topological polar surface area (TPSA) is 55.8 Å². The van der Waals surface area contributed by atoms with Gasteiger partial charge in [-0.1, -0.05) is 12.1 Å². The summed E-state index contributed by atoms with van der Waals surface area (Å²) in [5.74, 6) is -0.187. The van der Waals surface area contributed by atoms with Crippen LogP contribution in [-0.2, 0) is 16.1 Å². The minimum Gasteiger partial charge on any atom is -0.497 e. The fourth-order valence-corrected chi connectivity index (χ4v) is 1.01. The van der Waals surface area contributed by atoms with Crippen LogP contribution in [0.2, 0.25) is 0 Å². The predicted octanol–water partition coefficient (Wildman–Crippen LogP) is 1.68. The molecule has 1 atom stereocenters. The highest BCUT2D eigenvalue weighted by Crippen LogP contribution is 2.12. The number of hydrogen-bond donors (Lipinski definition) is 1. The van der Waals surface area contributed by atoms with Crippen molar-refractivity contribution < 1.29 is 19.4 Å². The first-order chi connectivity index (χ1) is 7.13. The fraction of sp³-hybridized carbons (Fsp3) is 0.364. The fourth-order valence-electron chi connectivity index (χ4n) is 1.01. The summed E-state index contributed by atoms with van der Waals surface area (Å²) in [5.41, 5.74) is 0.920. The Labute approximate surface area is 88.4 Å². The number of carbonyl (C=O) groups is 1. The molecule has 1 unspecified atom stereocenters. The summed E-state index contributed by atoms with van der Waals surface area (Å²) in [6.07, 6.45) is -0.785. The molecular weight excluding hydrogens is 196 g/mol. The Morgan fingerprint density at radius 1 is 1.40 bits per heavy atom. The second-order valence-corrected chi connectivity index (χ2v) is 3.14. The standard InChI is InChI=1S/C11H14O4/c1-8(11(12)13)15-7-9-3-5-10(14-2)6-4-9/h3-6,8H,7H2,1-2H3,(H,12,13). The van der Waals surface area contributed by atoms with Crippen molar-refractivity contribution >= 4 is 5.97 Å². The smallest absolute Gasteiger partial charge is 0.332 e. The van der Waals surface area contributed by atoms with Gasteiger partial charge in [-0.05, 0) is 24.6 Å². The summed E-state index contributed by atoms with van der Waals surface area (Å²) < 4.78 is 10.1. The summed E-state index contributed by atoms with van der Waals surface area (Å²) in [6.45, 7) is 1.79. The van der Waals surface area contributed by atoms with Gasteiger partial charge in [0.05, 0.1) is 13.7 Å². The molecule has 0 aliphatic carbocycles. The largest absolute Gasteiger partial charge is 0.497 e. The number of benzene rings is 1. The van der Waals surface area contributed by atoms with Crippen LogP contribution in [0.5, 0.6) is 5.75 Å². The van der Waals surface area contributed by atoms with Crippen LogP contribution in [-0.4, -0.2) is 24.3 Å². The van der Waals surface area contributed by atoms with Crippen LogP contribution in [0.15, 0.2) is 24.3 Å². The lowest BCUT2D eigenvalue weighted by Crippen LogP contribution is -2.19. The lowest BCUT2D eigenvalue weighted by Gasteiger charge is -2.08. The molecule has 82 valence electrons. The highest BCUT2D eigenvalue weighted by molar-refractivity contribution is 5.71. The van der Waals surface area contributed by atoms with Crippen LogP contribution in [0.4, 0.5) is 0 Å². The van der Waals surface area contributed by atoms with Crippen molar-refractivity contribution in [2.45, 2.75) is 19.6 Å². The van der Waals surface area contributed by atoms with Crippen molar-refractivity contribution in [3.63, 3.8) is 0 Å². The van der Waals surface area contributed by atoms with Gasteiger partial charge < -0.3 is 14.6 Å². The third kappa shape index (κ3) is 3.59. The molecule has 4 nitrogen and oxygen atoms in total. The van der Waals surface area contributed by atoms with Gasteiger partial charge in [0.25, 0.3) is 0 Å². The Morgan fingerprint density at radius 2 is 2.00 bits per heavy atom. The molecule has 0 spiro atoms. The van der Waals surface area contributed by atoms with Crippen LogP contribution in [0, 0.1) is 0 Å². The second-order valence-electron chi connectivity index (χ2n) is 3.14. The first kappa shape index (κ1) is 11.5. The van der Waals surface area contributed by atoms with Gasteiger partial charge in [-0.2, -0.15) is 0 Å². The van der Waals surface area contributed by atoms with Gasteiger partial charge in [-0.25, -0.2) is 4.79 Å². The van der Waals surface area contributed by atoms with Crippen molar-refractivity contribution in [1.29, 1.82) is 0 Å². The Bertz CT molecular complexity index is 318. The summed E-state index contributed by atoms with van der Waals surface area (Å²) in [5, 5.41) is 8.60. The molecule has 0 aliphatic heterocycles. The predicted molar refractivity (Wildman–Crippen MR) is 54.9 cm³/mol. The minimum atomic E-state index is -0.955. The molecule has 15 heavy (non-hydrogen) atoms. The summed E-state index contributed by atoms with van der Waals surface area (Å²) >= 11 is 0. The van der Waals surface area contributed by atoms with E-state index in [0.29, 0.717) is 0 Å². The van der Waals surface area contributed by atoms with E-state index in [0.717, 1.165) is 11.3 Å². The molecule has 0 saturated carbocycles. The Morgan fingerprint density at radius 3 is 2.47 bits per heavy atom. The van der Waals surface area contributed by atoms with Gasteiger partial charge >= 0.3 is 5.97 Å². The van der Waals surface area contributed by atoms with Crippen molar-refractivity contribution in [3.05, 3.63) is 29.8 Å². The van der Waals surface area contributed by atoms with E-state index in [1.165, 1.54) is 6.92 Å². The maximum absolute atomic E-state index is 10.5. The van der Waals surface area contributed by atoms with Gasteiger partial charge in [0, 0.05) is 0 Å². The SMILES string of the molecule is COc1ccc(COC(C)C(=O)O)cc1. The number of hydrogen-bond acceptors (Lipinski definition) is 3. The number of methoxy groups -OCH3 is 1. The van der Waals surface area contributed by atoms with E-state index in [1.54, 1.807) is 7.11 Å². The molecular formula is C11H14O4. The molecule has 1 aromatic carbocycles. The lowest BCUT2D eigenvalue weighted by atomic mass is 10.2. The molecule has 4 heteroatoms. The summed E-state index contributed by atoms with van der Waals surface area (Å²) in [7, 11) is 1.60. The number of rotatable bonds is 5. The van der Waals surface area contributed by atoms with Crippen LogP contribution in [0.25, 0.3) is 0 Å². The van der Waals surface area contributed by atoms with E-state index in [-0.39, 0.29) is 6.61 Å². The molecule has 0 aromatic heterocycles. The van der Waals surface area contributed by atoms with E-state index in [1.807, 2.05) is 24.3 Å². The summed E-state index contributed by atoms with van der Waals surface area (Å²) in [4.78, 5) is 10.5. The molecule has 0 bridgehead atoms. The van der Waals surface area contributed by atoms with Gasteiger partial charge in [0.1, 0.15) is 5.75 Å². The monoisotopic (exact) mass is 210 g/mol. The van der Waals surface area contributed by atoms with E-state index in [9.17, 15) is 4.79 Å². The minimum absolute atomic E-state index is 0.289. The van der Waals surface area contributed by atoms with E-state index in [2.05, 4.69) is 0 Å². The third-order valence-electron chi connectivity index (χ3n) is 2.01. The quantitative estimate of drug-likeness (QED) is 0.803. The highest BCUT2D eigenvalue weighted by atomic mass is 16.5. The molecule has 1 aromatic rings. The van der Waals surface area contributed by atoms with Crippen LogP contribution < -0.4 is 4.74 Å². The number of aliphatic carboxylic acids is 1.